The smallest absolute Gasteiger partial charge is 0.337 e. The third kappa shape index (κ3) is 3.48. The maximum Gasteiger partial charge on any atom is 0.337 e. The van der Waals surface area contributed by atoms with E-state index in [9.17, 15) is 4.79 Å². The second kappa shape index (κ2) is 6.39. The number of benzene rings is 1. The number of aromatic carboxylic acids is 1. The van der Waals surface area contributed by atoms with Crippen molar-refractivity contribution < 1.29 is 9.90 Å². The number of nitrogens with zero attached hydrogens (tertiary/aromatic N) is 1. The van der Waals surface area contributed by atoms with Gasteiger partial charge in [0.25, 0.3) is 0 Å². The second-order valence-electron chi connectivity index (χ2n) is 4.46. The second-order valence-corrected chi connectivity index (χ2v) is 4.87. The van der Waals surface area contributed by atoms with Crippen molar-refractivity contribution in [1.29, 1.82) is 0 Å². The molecule has 0 saturated heterocycles. The first-order chi connectivity index (χ1) is 9.58. The van der Waals surface area contributed by atoms with Crippen LogP contribution in [0.5, 0.6) is 0 Å². The van der Waals surface area contributed by atoms with Crippen LogP contribution in [0.3, 0.4) is 0 Å². The van der Waals surface area contributed by atoms with Crippen LogP contribution in [0.4, 0.5) is 5.82 Å². The van der Waals surface area contributed by atoms with Gasteiger partial charge in [-0.15, -0.1) is 0 Å². The zero-order valence-electron chi connectivity index (χ0n) is 11.1. The summed E-state index contributed by atoms with van der Waals surface area (Å²) in [5, 5.41) is 12.3. The van der Waals surface area contributed by atoms with E-state index in [-0.39, 0.29) is 5.56 Å². The Bertz CT molecular complexity index is 629. The van der Waals surface area contributed by atoms with Gasteiger partial charge >= 0.3 is 5.97 Å². The Morgan fingerprint density at radius 1 is 1.40 bits per heavy atom. The molecular weight excluding hydrogens is 276 g/mol. The normalized spacial score (nSPS) is 10.3. The summed E-state index contributed by atoms with van der Waals surface area (Å²) < 4.78 is 0. The number of hydrogen-bond donors (Lipinski definition) is 2. The van der Waals surface area contributed by atoms with E-state index < -0.39 is 5.97 Å². The van der Waals surface area contributed by atoms with Crippen molar-refractivity contribution in [3.8, 4) is 0 Å². The molecule has 0 radical (unpaired) electrons. The Morgan fingerprint density at radius 2 is 2.15 bits per heavy atom. The number of nitrogens with one attached hydrogen (secondary N) is 1. The van der Waals surface area contributed by atoms with Crippen LogP contribution in [0.2, 0.25) is 5.02 Å². The number of rotatable bonds is 5. The van der Waals surface area contributed by atoms with E-state index in [2.05, 4.69) is 29.4 Å². The lowest BCUT2D eigenvalue weighted by molar-refractivity contribution is 0.0696. The van der Waals surface area contributed by atoms with Crippen LogP contribution < -0.4 is 5.32 Å². The summed E-state index contributed by atoms with van der Waals surface area (Å²) in [6, 6.07) is 9.57. The molecule has 0 bridgehead atoms. The van der Waals surface area contributed by atoms with Crippen molar-refractivity contribution >= 4 is 23.4 Å². The topological polar surface area (TPSA) is 62.2 Å². The number of anilines is 1. The van der Waals surface area contributed by atoms with E-state index in [0.717, 1.165) is 6.42 Å². The number of hydrogen-bond acceptors (Lipinski definition) is 3. The summed E-state index contributed by atoms with van der Waals surface area (Å²) in [5.41, 5.74) is 2.59. The molecule has 0 aliphatic carbocycles. The zero-order valence-corrected chi connectivity index (χ0v) is 11.8. The van der Waals surface area contributed by atoms with Gasteiger partial charge in [0.1, 0.15) is 5.82 Å². The molecule has 0 saturated carbocycles. The third-order valence-corrected chi connectivity index (χ3v) is 3.32. The standard InChI is InChI=1S/C15H15ClN2O2/c1-10-4-2-3-5-11(10)6-7-17-14-13(16)8-12(9-18-14)15(19)20/h2-5,8-9H,6-7H2,1H3,(H,17,18)(H,19,20). The minimum atomic E-state index is -1.04. The van der Waals surface area contributed by atoms with E-state index in [0.29, 0.717) is 17.4 Å². The molecule has 1 aromatic heterocycles. The average molecular weight is 291 g/mol. The summed E-state index contributed by atoms with van der Waals surface area (Å²) in [6.07, 6.45) is 2.15. The van der Waals surface area contributed by atoms with E-state index in [1.54, 1.807) is 0 Å². The molecule has 0 amide bonds. The van der Waals surface area contributed by atoms with Crippen LogP contribution >= 0.6 is 11.6 Å². The van der Waals surface area contributed by atoms with Crippen LogP contribution in [0.15, 0.2) is 36.5 Å². The Labute approximate surface area is 122 Å². The van der Waals surface area contributed by atoms with Crippen molar-refractivity contribution in [2.75, 3.05) is 11.9 Å². The Hall–Kier alpha value is -2.07. The van der Waals surface area contributed by atoms with Crippen LogP contribution in [-0.4, -0.2) is 22.6 Å². The highest BCUT2D eigenvalue weighted by Gasteiger charge is 2.08. The molecule has 0 unspecified atom stereocenters. The number of pyridine rings is 1. The highest BCUT2D eigenvalue weighted by atomic mass is 35.5. The Morgan fingerprint density at radius 3 is 2.80 bits per heavy atom. The number of carbonyl (C=O) groups is 1. The fourth-order valence-corrected chi connectivity index (χ4v) is 2.12. The molecular formula is C15H15ClN2O2. The van der Waals surface area contributed by atoms with Gasteiger partial charge in [-0.3, -0.25) is 0 Å². The van der Waals surface area contributed by atoms with Gasteiger partial charge in [-0.05, 0) is 30.5 Å². The minimum Gasteiger partial charge on any atom is -0.478 e. The van der Waals surface area contributed by atoms with Crippen LogP contribution in [-0.2, 0) is 6.42 Å². The van der Waals surface area contributed by atoms with Crippen molar-refractivity contribution in [2.24, 2.45) is 0 Å². The van der Waals surface area contributed by atoms with E-state index >= 15 is 0 Å². The molecule has 0 aliphatic rings. The van der Waals surface area contributed by atoms with Crippen molar-refractivity contribution in [1.82, 2.24) is 4.98 Å². The first kappa shape index (κ1) is 14.3. The molecule has 0 atom stereocenters. The van der Waals surface area contributed by atoms with E-state index in [1.165, 1.54) is 23.4 Å². The Kier molecular flexibility index (Phi) is 4.58. The van der Waals surface area contributed by atoms with Gasteiger partial charge in [0, 0.05) is 12.7 Å². The zero-order chi connectivity index (χ0) is 14.5. The van der Waals surface area contributed by atoms with Crippen LogP contribution in [0.25, 0.3) is 0 Å². The van der Waals surface area contributed by atoms with Gasteiger partial charge in [-0.1, -0.05) is 35.9 Å². The lowest BCUT2D eigenvalue weighted by Gasteiger charge is -2.09. The van der Waals surface area contributed by atoms with Gasteiger partial charge in [-0.25, -0.2) is 9.78 Å². The highest BCUT2D eigenvalue weighted by molar-refractivity contribution is 6.33. The molecule has 1 heterocycles. The average Bonchev–Trinajstić information content (AvgIpc) is 2.42. The van der Waals surface area contributed by atoms with Gasteiger partial charge in [-0.2, -0.15) is 0 Å². The molecule has 2 rings (SSSR count). The predicted molar refractivity (Wildman–Crippen MR) is 79.6 cm³/mol. The summed E-state index contributed by atoms with van der Waals surface area (Å²) in [4.78, 5) is 14.8. The Balaban J connectivity index is 1.98. The minimum absolute atomic E-state index is 0.0828. The van der Waals surface area contributed by atoms with Crippen molar-refractivity contribution in [3.63, 3.8) is 0 Å². The number of aryl methyl sites for hydroxylation is 1. The van der Waals surface area contributed by atoms with Gasteiger partial charge in [0.2, 0.25) is 0 Å². The van der Waals surface area contributed by atoms with Crippen LogP contribution in [0.1, 0.15) is 21.5 Å². The SMILES string of the molecule is Cc1ccccc1CCNc1ncc(C(=O)O)cc1Cl. The molecule has 0 spiro atoms. The lowest BCUT2D eigenvalue weighted by atomic mass is 10.1. The number of carboxylic acid groups (broad SMARTS) is 1. The van der Waals surface area contributed by atoms with Crippen molar-refractivity contribution in [3.05, 3.63) is 58.2 Å². The number of halogens is 1. The molecule has 1 aromatic carbocycles. The summed E-state index contributed by atoms with van der Waals surface area (Å²) in [7, 11) is 0. The fraction of sp³-hybridized carbons (Fsp3) is 0.200. The predicted octanol–water partition coefficient (Wildman–Crippen LogP) is 3.40. The molecule has 2 N–H and O–H groups in total. The molecule has 0 aliphatic heterocycles. The molecule has 2 aromatic rings. The monoisotopic (exact) mass is 290 g/mol. The van der Waals surface area contributed by atoms with Crippen LogP contribution in [0, 0.1) is 6.92 Å². The quantitative estimate of drug-likeness (QED) is 0.886. The summed E-state index contributed by atoms with van der Waals surface area (Å²) in [6.45, 7) is 2.76. The van der Waals surface area contributed by atoms with Gasteiger partial charge in [0.05, 0.1) is 10.6 Å². The molecule has 20 heavy (non-hydrogen) atoms. The van der Waals surface area contributed by atoms with E-state index in [4.69, 9.17) is 16.7 Å². The number of carboxylic acids is 1. The molecule has 5 heteroatoms. The summed E-state index contributed by atoms with van der Waals surface area (Å²) in [5.74, 6) is -0.531. The first-order valence-electron chi connectivity index (χ1n) is 6.25. The lowest BCUT2D eigenvalue weighted by Crippen LogP contribution is -2.08. The first-order valence-corrected chi connectivity index (χ1v) is 6.63. The van der Waals surface area contributed by atoms with Crippen molar-refractivity contribution in [2.45, 2.75) is 13.3 Å². The maximum absolute atomic E-state index is 10.8. The molecule has 104 valence electrons. The maximum atomic E-state index is 10.8. The number of aromatic nitrogens is 1. The molecule has 0 fully saturated rings. The summed E-state index contributed by atoms with van der Waals surface area (Å²) >= 11 is 6.00. The third-order valence-electron chi connectivity index (χ3n) is 3.04. The van der Waals surface area contributed by atoms with Gasteiger partial charge < -0.3 is 10.4 Å². The van der Waals surface area contributed by atoms with E-state index in [1.807, 2.05) is 12.1 Å². The van der Waals surface area contributed by atoms with Gasteiger partial charge in [0.15, 0.2) is 0 Å². The highest BCUT2D eigenvalue weighted by Crippen LogP contribution is 2.20. The largest absolute Gasteiger partial charge is 0.478 e. The fourth-order valence-electron chi connectivity index (χ4n) is 1.89. The molecule has 4 nitrogen and oxygen atoms in total.